The molecule has 3 rings (SSSR count). The second-order valence-electron chi connectivity index (χ2n) is 6.32. The summed E-state index contributed by atoms with van der Waals surface area (Å²) in [5.41, 5.74) is 3.82. The molecular formula is C21H20O4. The van der Waals surface area contributed by atoms with E-state index in [9.17, 15) is 9.59 Å². The fourth-order valence-corrected chi connectivity index (χ4v) is 2.92. The van der Waals surface area contributed by atoms with Gasteiger partial charge in [-0.3, -0.25) is 9.59 Å². The summed E-state index contributed by atoms with van der Waals surface area (Å²) in [6.45, 7) is 5.64. The molecule has 128 valence electrons. The van der Waals surface area contributed by atoms with Crippen LogP contribution in [0.1, 0.15) is 29.5 Å². The number of esters is 1. The van der Waals surface area contributed by atoms with Gasteiger partial charge in [0.2, 0.25) is 0 Å². The molecule has 1 aromatic heterocycles. The molecule has 4 nitrogen and oxygen atoms in total. The summed E-state index contributed by atoms with van der Waals surface area (Å²) in [6.07, 6.45) is 0. The standard InChI is InChI=1S/C21H20O4/c1-12-5-7-15(8-6-12)19-11-18(22)17-10-13(2)9-16(20(17)25-19)14(3)21(23)24-4/h5-11,14H,1-4H3. The minimum atomic E-state index is -0.524. The fraction of sp³-hybridized carbons (Fsp3) is 0.238. The molecule has 0 N–H and O–H groups in total. The summed E-state index contributed by atoms with van der Waals surface area (Å²) in [4.78, 5) is 24.6. The topological polar surface area (TPSA) is 56.5 Å². The van der Waals surface area contributed by atoms with Gasteiger partial charge in [0.1, 0.15) is 11.3 Å². The molecule has 2 aromatic carbocycles. The van der Waals surface area contributed by atoms with Gasteiger partial charge >= 0.3 is 5.97 Å². The Morgan fingerprint density at radius 3 is 2.36 bits per heavy atom. The van der Waals surface area contributed by atoms with Crippen LogP contribution < -0.4 is 5.43 Å². The predicted molar refractivity (Wildman–Crippen MR) is 97.8 cm³/mol. The molecule has 25 heavy (non-hydrogen) atoms. The molecule has 1 unspecified atom stereocenters. The number of fused-ring (bicyclic) bond motifs is 1. The van der Waals surface area contributed by atoms with Crippen molar-refractivity contribution in [2.24, 2.45) is 0 Å². The van der Waals surface area contributed by atoms with E-state index in [1.165, 1.54) is 13.2 Å². The number of hydrogen-bond acceptors (Lipinski definition) is 4. The minimum Gasteiger partial charge on any atom is -0.469 e. The molecule has 0 saturated carbocycles. The summed E-state index contributed by atoms with van der Waals surface area (Å²) in [5, 5.41) is 0.474. The lowest BCUT2D eigenvalue weighted by atomic mass is 9.96. The highest BCUT2D eigenvalue weighted by atomic mass is 16.5. The molecule has 4 heteroatoms. The molecule has 1 atom stereocenters. The Morgan fingerprint density at radius 1 is 1.04 bits per heavy atom. The number of benzene rings is 2. The van der Waals surface area contributed by atoms with Gasteiger partial charge in [-0.05, 0) is 32.4 Å². The van der Waals surface area contributed by atoms with Crippen molar-refractivity contribution in [3.63, 3.8) is 0 Å². The third kappa shape index (κ3) is 3.20. The van der Waals surface area contributed by atoms with Crippen molar-refractivity contribution >= 4 is 16.9 Å². The number of aryl methyl sites for hydroxylation is 2. The van der Waals surface area contributed by atoms with Crippen LogP contribution in [-0.2, 0) is 9.53 Å². The Labute approximate surface area is 146 Å². The van der Waals surface area contributed by atoms with Crippen LogP contribution in [0.15, 0.2) is 51.7 Å². The molecule has 0 saturated heterocycles. The van der Waals surface area contributed by atoms with E-state index in [0.29, 0.717) is 22.3 Å². The van der Waals surface area contributed by atoms with E-state index in [1.807, 2.05) is 44.2 Å². The molecule has 0 aliphatic rings. The van der Waals surface area contributed by atoms with Crippen LogP contribution in [0.4, 0.5) is 0 Å². The SMILES string of the molecule is COC(=O)C(C)c1cc(C)cc2c(=O)cc(-c3ccc(C)cc3)oc12. The summed E-state index contributed by atoms with van der Waals surface area (Å²) >= 11 is 0. The molecule has 0 amide bonds. The highest BCUT2D eigenvalue weighted by Gasteiger charge is 2.21. The summed E-state index contributed by atoms with van der Waals surface area (Å²) in [7, 11) is 1.35. The first-order valence-electron chi connectivity index (χ1n) is 8.14. The maximum absolute atomic E-state index is 12.6. The molecule has 0 fully saturated rings. The summed E-state index contributed by atoms with van der Waals surface area (Å²) < 4.78 is 10.9. The van der Waals surface area contributed by atoms with E-state index in [-0.39, 0.29) is 11.4 Å². The number of ether oxygens (including phenoxy) is 1. The average Bonchev–Trinajstić information content (AvgIpc) is 2.61. The molecule has 3 aromatic rings. The number of carbonyl (C=O) groups excluding carboxylic acids is 1. The van der Waals surface area contributed by atoms with E-state index in [0.717, 1.165) is 16.7 Å². The zero-order chi connectivity index (χ0) is 18.1. The Kier molecular flexibility index (Phi) is 4.45. The van der Waals surface area contributed by atoms with Crippen LogP contribution in [0.5, 0.6) is 0 Å². The summed E-state index contributed by atoms with van der Waals surface area (Å²) in [5.74, 6) is -0.404. The van der Waals surface area contributed by atoms with Gasteiger partial charge < -0.3 is 9.15 Å². The highest BCUT2D eigenvalue weighted by molar-refractivity contribution is 5.88. The first kappa shape index (κ1) is 17.0. The fourth-order valence-electron chi connectivity index (χ4n) is 2.92. The molecule has 0 aliphatic carbocycles. The average molecular weight is 336 g/mol. The number of carbonyl (C=O) groups is 1. The Balaban J connectivity index is 2.28. The van der Waals surface area contributed by atoms with E-state index < -0.39 is 5.92 Å². The van der Waals surface area contributed by atoms with E-state index in [1.54, 1.807) is 13.0 Å². The van der Waals surface area contributed by atoms with Gasteiger partial charge in [0.25, 0.3) is 0 Å². The highest BCUT2D eigenvalue weighted by Crippen LogP contribution is 2.30. The van der Waals surface area contributed by atoms with Crippen molar-refractivity contribution in [1.82, 2.24) is 0 Å². The smallest absolute Gasteiger partial charge is 0.312 e. The van der Waals surface area contributed by atoms with Gasteiger partial charge in [-0.2, -0.15) is 0 Å². The van der Waals surface area contributed by atoms with Crippen LogP contribution in [0.2, 0.25) is 0 Å². The van der Waals surface area contributed by atoms with Gasteiger partial charge in [0, 0.05) is 17.2 Å². The van der Waals surface area contributed by atoms with E-state index in [4.69, 9.17) is 9.15 Å². The lowest BCUT2D eigenvalue weighted by Crippen LogP contribution is -2.13. The Morgan fingerprint density at radius 2 is 1.72 bits per heavy atom. The third-order valence-electron chi connectivity index (χ3n) is 4.36. The van der Waals surface area contributed by atoms with Crippen LogP contribution in [0, 0.1) is 13.8 Å². The lowest BCUT2D eigenvalue weighted by molar-refractivity contribution is -0.141. The van der Waals surface area contributed by atoms with Gasteiger partial charge in [-0.15, -0.1) is 0 Å². The summed E-state index contributed by atoms with van der Waals surface area (Å²) in [6, 6.07) is 12.9. The van der Waals surface area contributed by atoms with Crippen LogP contribution >= 0.6 is 0 Å². The molecule has 0 radical (unpaired) electrons. The van der Waals surface area contributed by atoms with Crippen LogP contribution in [0.25, 0.3) is 22.3 Å². The third-order valence-corrected chi connectivity index (χ3v) is 4.36. The van der Waals surface area contributed by atoms with Crippen molar-refractivity contribution < 1.29 is 13.9 Å². The maximum atomic E-state index is 12.6. The molecular weight excluding hydrogens is 316 g/mol. The Bertz CT molecular complexity index is 997. The van der Waals surface area contributed by atoms with Crippen molar-refractivity contribution in [1.29, 1.82) is 0 Å². The van der Waals surface area contributed by atoms with Crippen molar-refractivity contribution in [3.05, 3.63) is 69.4 Å². The van der Waals surface area contributed by atoms with E-state index in [2.05, 4.69) is 0 Å². The lowest BCUT2D eigenvalue weighted by Gasteiger charge is -2.14. The minimum absolute atomic E-state index is 0.126. The van der Waals surface area contributed by atoms with Gasteiger partial charge in [-0.25, -0.2) is 0 Å². The van der Waals surface area contributed by atoms with Crippen molar-refractivity contribution in [3.8, 4) is 11.3 Å². The molecule has 1 heterocycles. The zero-order valence-corrected chi connectivity index (χ0v) is 14.8. The first-order valence-corrected chi connectivity index (χ1v) is 8.14. The first-order chi connectivity index (χ1) is 11.9. The maximum Gasteiger partial charge on any atom is 0.312 e. The largest absolute Gasteiger partial charge is 0.469 e. The van der Waals surface area contributed by atoms with Crippen LogP contribution in [0.3, 0.4) is 0 Å². The predicted octanol–water partition coefficient (Wildman–Crippen LogP) is 4.35. The zero-order valence-electron chi connectivity index (χ0n) is 14.8. The van der Waals surface area contributed by atoms with Crippen molar-refractivity contribution in [2.75, 3.05) is 7.11 Å². The van der Waals surface area contributed by atoms with Gasteiger partial charge in [0.15, 0.2) is 5.43 Å². The van der Waals surface area contributed by atoms with Gasteiger partial charge in [0.05, 0.1) is 18.4 Å². The normalized spacial score (nSPS) is 12.2. The number of methoxy groups -OCH3 is 1. The van der Waals surface area contributed by atoms with E-state index >= 15 is 0 Å². The van der Waals surface area contributed by atoms with Crippen molar-refractivity contribution in [2.45, 2.75) is 26.7 Å². The second-order valence-corrected chi connectivity index (χ2v) is 6.32. The molecule has 0 aliphatic heterocycles. The number of hydrogen-bond donors (Lipinski definition) is 0. The monoisotopic (exact) mass is 336 g/mol. The Hall–Kier alpha value is -2.88. The van der Waals surface area contributed by atoms with Gasteiger partial charge in [-0.1, -0.05) is 35.9 Å². The number of rotatable bonds is 3. The quantitative estimate of drug-likeness (QED) is 0.667. The van der Waals surface area contributed by atoms with Crippen LogP contribution in [-0.4, -0.2) is 13.1 Å². The molecule has 0 bridgehead atoms. The molecule has 0 spiro atoms. The second kappa shape index (κ2) is 6.55.